The van der Waals surface area contributed by atoms with Gasteiger partial charge in [-0.3, -0.25) is 10.1 Å². The molecular weight excluding hydrogens is 313 g/mol. The average Bonchev–Trinajstić information content (AvgIpc) is 2.39. The van der Waals surface area contributed by atoms with E-state index >= 15 is 0 Å². The lowest BCUT2D eigenvalue weighted by Gasteiger charge is -2.11. The van der Waals surface area contributed by atoms with Crippen molar-refractivity contribution in [3.05, 3.63) is 75.6 Å². The maximum atomic E-state index is 13.6. The minimum absolute atomic E-state index is 0.0563. The highest BCUT2D eigenvalue weighted by Crippen LogP contribution is 2.29. The summed E-state index contributed by atoms with van der Waals surface area (Å²) >= 11 is 3.45. The van der Waals surface area contributed by atoms with Crippen LogP contribution in [0.4, 0.5) is 10.1 Å². The molecule has 0 spiro atoms. The number of hydrogen-bond acceptors (Lipinski definition) is 2. The third-order valence-corrected chi connectivity index (χ3v) is 3.62. The van der Waals surface area contributed by atoms with E-state index in [1.54, 1.807) is 30.3 Å². The van der Waals surface area contributed by atoms with Crippen LogP contribution in [-0.2, 0) is 6.42 Å². The molecule has 98 valence electrons. The smallest absolute Gasteiger partial charge is 0.258 e. The Morgan fingerprint density at radius 3 is 2.37 bits per heavy atom. The molecule has 0 saturated carbocycles. The molecule has 0 aliphatic heterocycles. The van der Waals surface area contributed by atoms with E-state index in [9.17, 15) is 14.5 Å². The highest BCUT2D eigenvalue weighted by molar-refractivity contribution is 9.09. The summed E-state index contributed by atoms with van der Waals surface area (Å²) in [5.74, 6) is -0.258. The van der Waals surface area contributed by atoms with Crippen LogP contribution in [0, 0.1) is 15.9 Å². The van der Waals surface area contributed by atoms with Gasteiger partial charge in [0.15, 0.2) is 0 Å². The number of hydrogen-bond donors (Lipinski definition) is 0. The topological polar surface area (TPSA) is 43.1 Å². The quantitative estimate of drug-likeness (QED) is 0.475. The summed E-state index contributed by atoms with van der Waals surface area (Å²) in [5.41, 5.74) is 1.55. The summed E-state index contributed by atoms with van der Waals surface area (Å²) < 4.78 is 13.6. The molecule has 0 aliphatic rings. The van der Waals surface area contributed by atoms with Crippen LogP contribution < -0.4 is 0 Å². The van der Waals surface area contributed by atoms with Gasteiger partial charge in [-0.05, 0) is 18.1 Å². The molecule has 1 atom stereocenters. The Labute approximate surface area is 118 Å². The first-order valence-corrected chi connectivity index (χ1v) is 6.61. The Balaban J connectivity index is 2.13. The minimum atomic E-state index is -0.438. The van der Waals surface area contributed by atoms with Crippen LogP contribution in [0.2, 0.25) is 0 Å². The van der Waals surface area contributed by atoms with E-state index in [0.29, 0.717) is 12.0 Å². The molecule has 3 nitrogen and oxygen atoms in total. The highest BCUT2D eigenvalue weighted by Gasteiger charge is 2.13. The van der Waals surface area contributed by atoms with Crippen molar-refractivity contribution in [1.82, 2.24) is 0 Å². The predicted molar refractivity (Wildman–Crippen MR) is 74.9 cm³/mol. The van der Waals surface area contributed by atoms with Crippen LogP contribution in [0.5, 0.6) is 0 Å². The summed E-state index contributed by atoms with van der Waals surface area (Å²) in [4.78, 5) is 9.95. The zero-order valence-electron chi connectivity index (χ0n) is 9.92. The van der Waals surface area contributed by atoms with E-state index in [1.807, 2.05) is 0 Å². The van der Waals surface area contributed by atoms with Gasteiger partial charge in [-0.2, -0.15) is 0 Å². The monoisotopic (exact) mass is 323 g/mol. The molecule has 19 heavy (non-hydrogen) atoms. The number of nitrogens with zero attached hydrogens (tertiary/aromatic N) is 1. The van der Waals surface area contributed by atoms with Crippen LogP contribution in [0.25, 0.3) is 0 Å². The van der Waals surface area contributed by atoms with E-state index in [4.69, 9.17) is 0 Å². The van der Waals surface area contributed by atoms with Crippen LogP contribution in [0.15, 0.2) is 48.5 Å². The molecule has 1 unspecified atom stereocenters. The molecule has 0 radical (unpaired) electrons. The number of nitro benzene ring substituents is 1. The Kier molecular flexibility index (Phi) is 4.27. The van der Waals surface area contributed by atoms with Crippen molar-refractivity contribution in [3.8, 4) is 0 Å². The van der Waals surface area contributed by atoms with E-state index in [1.165, 1.54) is 18.2 Å². The number of halogens is 2. The largest absolute Gasteiger partial charge is 0.269 e. The molecule has 5 heteroatoms. The van der Waals surface area contributed by atoms with E-state index in [0.717, 1.165) is 5.56 Å². The van der Waals surface area contributed by atoms with Gasteiger partial charge in [0.2, 0.25) is 0 Å². The van der Waals surface area contributed by atoms with Crippen molar-refractivity contribution < 1.29 is 9.31 Å². The van der Waals surface area contributed by atoms with Gasteiger partial charge < -0.3 is 0 Å². The fourth-order valence-electron chi connectivity index (χ4n) is 1.80. The normalized spacial score (nSPS) is 12.1. The van der Waals surface area contributed by atoms with Gasteiger partial charge in [-0.15, -0.1) is 0 Å². The second-order valence-corrected chi connectivity index (χ2v) is 5.22. The first-order chi connectivity index (χ1) is 9.08. The second kappa shape index (κ2) is 5.93. The van der Waals surface area contributed by atoms with Gasteiger partial charge in [0.25, 0.3) is 5.69 Å². The Bertz CT molecular complexity index is 586. The molecular formula is C14H11BrFNO2. The molecule has 0 fully saturated rings. The van der Waals surface area contributed by atoms with Crippen LogP contribution in [-0.4, -0.2) is 4.92 Å². The van der Waals surface area contributed by atoms with Crippen molar-refractivity contribution in [2.45, 2.75) is 11.2 Å². The molecule has 0 N–H and O–H groups in total. The molecule has 0 heterocycles. The average molecular weight is 324 g/mol. The number of rotatable bonds is 4. The van der Waals surface area contributed by atoms with Gasteiger partial charge in [0.1, 0.15) is 5.82 Å². The lowest BCUT2D eigenvalue weighted by atomic mass is 10.0. The van der Waals surface area contributed by atoms with E-state index in [-0.39, 0.29) is 16.3 Å². The zero-order chi connectivity index (χ0) is 13.8. The SMILES string of the molecule is O=[N+]([O-])c1ccc(CC(Br)c2ccccc2F)cc1. The number of non-ortho nitro benzene ring substituents is 1. The highest BCUT2D eigenvalue weighted by atomic mass is 79.9. The van der Waals surface area contributed by atoms with E-state index < -0.39 is 4.92 Å². The Hall–Kier alpha value is -1.75. The molecule has 0 amide bonds. The summed E-state index contributed by atoms with van der Waals surface area (Å²) in [6.07, 6.45) is 0.568. The molecule has 0 aliphatic carbocycles. The van der Waals surface area contributed by atoms with Crippen molar-refractivity contribution in [1.29, 1.82) is 0 Å². The molecule has 0 bridgehead atoms. The van der Waals surface area contributed by atoms with Gasteiger partial charge in [-0.25, -0.2) is 4.39 Å². The van der Waals surface area contributed by atoms with Gasteiger partial charge in [0, 0.05) is 22.5 Å². The van der Waals surface area contributed by atoms with Crippen molar-refractivity contribution in [2.24, 2.45) is 0 Å². The lowest BCUT2D eigenvalue weighted by Crippen LogP contribution is -1.98. The van der Waals surface area contributed by atoms with Gasteiger partial charge in [-0.1, -0.05) is 46.3 Å². The summed E-state index contributed by atoms with van der Waals surface area (Å²) in [5, 5.41) is 10.5. The summed E-state index contributed by atoms with van der Waals surface area (Å²) in [6, 6.07) is 12.8. The van der Waals surface area contributed by atoms with Crippen molar-refractivity contribution >= 4 is 21.6 Å². The fourth-order valence-corrected chi connectivity index (χ4v) is 2.54. The maximum absolute atomic E-state index is 13.6. The molecule has 2 aromatic carbocycles. The standard InChI is InChI=1S/C14H11BrFNO2/c15-13(12-3-1-2-4-14(12)16)9-10-5-7-11(8-6-10)17(18)19/h1-8,13H,9H2. The molecule has 2 aromatic rings. The predicted octanol–water partition coefficient (Wildman–Crippen LogP) is 4.41. The number of nitro groups is 1. The van der Waals surface area contributed by atoms with Crippen LogP contribution >= 0.6 is 15.9 Å². The van der Waals surface area contributed by atoms with Gasteiger partial charge in [0.05, 0.1) is 4.92 Å². The summed E-state index contributed by atoms with van der Waals surface area (Å²) in [7, 11) is 0. The van der Waals surface area contributed by atoms with E-state index in [2.05, 4.69) is 15.9 Å². The van der Waals surface area contributed by atoms with Crippen LogP contribution in [0.1, 0.15) is 16.0 Å². The summed E-state index contributed by atoms with van der Waals surface area (Å²) in [6.45, 7) is 0. The molecule has 0 aromatic heterocycles. The zero-order valence-corrected chi connectivity index (χ0v) is 11.5. The van der Waals surface area contributed by atoms with Crippen LogP contribution in [0.3, 0.4) is 0 Å². The minimum Gasteiger partial charge on any atom is -0.258 e. The number of benzene rings is 2. The maximum Gasteiger partial charge on any atom is 0.269 e. The Morgan fingerprint density at radius 2 is 1.79 bits per heavy atom. The van der Waals surface area contributed by atoms with Crippen molar-refractivity contribution in [2.75, 3.05) is 0 Å². The Morgan fingerprint density at radius 1 is 1.16 bits per heavy atom. The molecule has 0 saturated heterocycles. The first-order valence-electron chi connectivity index (χ1n) is 5.70. The third-order valence-electron chi connectivity index (χ3n) is 2.80. The molecule has 2 rings (SSSR count). The second-order valence-electron chi connectivity index (χ2n) is 4.12. The van der Waals surface area contributed by atoms with Crippen molar-refractivity contribution in [3.63, 3.8) is 0 Å². The fraction of sp³-hybridized carbons (Fsp3) is 0.143. The number of alkyl halides is 1. The first kappa shape index (κ1) is 13.7. The lowest BCUT2D eigenvalue weighted by molar-refractivity contribution is -0.384. The van der Waals surface area contributed by atoms with Gasteiger partial charge >= 0.3 is 0 Å². The third kappa shape index (κ3) is 3.38.